The lowest BCUT2D eigenvalue weighted by molar-refractivity contribution is -0.385. The molecule has 1 amide bonds. The number of hydrogen-bond acceptors (Lipinski definition) is 7. The largest absolute Gasteiger partial charge is 0.322 e. The Kier molecular flexibility index (Phi) is 5.92. The van der Waals surface area contributed by atoms with Crippen molar-refractivity contribution in [3.63, 3.8) is 0 Å². The normalized spacial score (nSPS) is 15.1. The molecule has 160 valence electrons. The Labute approximate surface area is 173 Å². The third kappa shape index (κ3) is 4.66. The fourth-order valence-corrected chi connectivity index (χ4v) is 5.22. The van der Waals surface area contributed by atoms with Gasteiger partial charge in [0.05, 0.1) is 14.7 Å². The Morgan fingerprint density at radius 3 is 2.13 bits per heavy atom. The maximum Gasteiger partial charge on any atom is 0.271 e. The monoisotopic (exact) mass is 453 g/mol. The SMILES string of the molecule is CS(=O)(=O)c1cc(C(=O)Nc2ccc(S(=O)(=O)N3CCCC3)cc2)cc([N+](=O)[O-])c1. The molecule has 0 atom stereocenters. The second kappa shape index (κ2) is 8.13. The lowest BCUT2D eigenvalue weighted by Crippen LogP contribution is -2.27. The molecule has 3 rings (SSSR count). The summed E-state index contributed by atoms with van der Waals surface area (Å²) in [6, 6.07) is 8.41. The van der Waals surface area contributed by atoms with Gasteiger partial charge in [-0.05, 0) is 43.2 Å². The first kappa shape index (κ1) is 21.9. The Balaban J connectivity index is 1.84. The maximum atomic E-state index is 12.5. The van der Waals surface area contributed by atoms with E-state index < -0.39 is 36.4 Å². The fraction of sp³-hybridized carbons (Fsp3) is 0.278. The van der Waals surface area contributed by atoms with E-state index in [1.807, 2.05) is 0 Å². The van der Waals surface area contributed by atoms with E-state index in [9.17, 15) is 31.7 Å². The van der Waals surface area contributed by atoms with Gasteiger partial charge in [-0.25, -0.2) is 16.8 Å². The molecule has 1 aliphatic rings. The molecule has 2 aromatic rings. The number of anilines is 1. The molecule has 0 saturated carbocycles. The standard InChI is InChI=1S/C18H19N3O7S2/c1-29(25,26)17-11-13(10-15(12-17)21(23)24)18(22)19-14-4-6-16(7-5-14)30(27,28)20-8-2-3-9-20/h4-7,10-12H,2-3,8-9H2,1H3,(H,19,22). The van der Waals surface area contributed by atoms with E-state index in [1.165, 1.54) is 28.6 Å². The molecule has 1 N–H and O–H groups in total. The number of nitrogens with one attached hydrogen (secondary N) is 1. The van der Waals surface area contributed by atoms with Crippen LogP contribution in [0.2, 0.25) is 0 Å². The van der Waals surface area contributed by atoms with E-state index in [2.05, 4.69) is 5.32 Å². The molecule has 0 bridgehead atoms. The first-order valence-corrected chi connectivity index (χ1v) is 12.2. The van der Waals surface area contributed by atoms with E-state index >= 15 is 0 Å². The second-order valence-corrected chi connectivity index (χ2v) is 10.8. The number of nitro groups is 1. The van der Waals surface area contributed by atoms with E-state index in [0.29, 0.717) is 13.1 Å². The highest BCUT2D eigenvalue weighted by Gasteiger charge is 2.27. The van der Waals surface area contributed by atoms with Gasteiger partial charge < -0.3 is 5.32 Å². The minimum absolute atomic E-state index is 0.0945. The smallest absolute Gasteiger partial charge is 0.271 e. The van der Waals surface area contributed by atoms with Crippen LogP contribution in [0.3, 0.4) is 0 Å². The van der Waals surface area contributed by atoms with E-state index in [-0.39, 0.29) is 21.0 Å². The highest BCUT2D eigenvalue weighted by atomic mass is 32.2. The summed E-state index contributed by atoms with van der Waals surface area (Å²) < 4.78 is 50.0. The van der Waals surface area contributed by atoms with Crippen molar-refractivity contribution in [1.82, 2.24) is 4.31 Å². The molecule has 1 heterocycles. The quantitative estimate of drug-likeness (QED) is 0.520. The van der Waals surface area contributed by atoms with Crippen LogP contribution in [0.25, 0.3) is 0 Å². The Hall–Kier alpha value is -2.83. The zero-order valence-electron chi connectivity index (χ0n) is 15.9. The van der Waals surface area contributed by atoms with E-state index in [1.54, 1.807) is 0 Å². The van der Waals surface area contributed by atoms with Crippen LogP contribution >= 0.6 is 0 Å². The third-order valence-electron chi connectivity index (χ3n) is 4.61. The Bertz CT molecular complexity index is 1200. The van der Waals surface area contributed by atoms with Gasteiger partial charge in [0.1, 0.15) is 0 Å². The van der Waals surface area contributed by atoms with Crippen molar-refractivity contribution in [3.05, 3.63) is 58.1 Å². The molecule has 2 aromatic carbocycles. The van der Waals surface area contributed by atoms with Gasteiger partial charge in [-0.15, -0.1) is 0 Å². The van der Waals surface area contributed by atoms with Gasteiger partial charge in [0, 0.05) is 42.7 Å². The molecule has 1 fully saturated rings. The minimum Gasteiger partial charge on any atom is -0.322 e. The zero-order valence-corrected chi connectivity index (χ0v) is 17.6. The molecular formula is C18H19N3O7S2. The number of carbonyl (C=O) groups excluding carboxylic acids is 1. The van der Waals surface area contributed by atoms with Crippen molar-refractivity contribution in [2.24, 2.45) is 0 Å². The average molecular weight is 453 g/mol. The molecule has 30 heavy (non-hydrogen) atoms. The summed E-state index contributed by atoms with van der Waals surface area (Å²) in [4.78, 5) is 22.5. The molecule has 1 aliphatic heterocycles. The van der Waals surface area contributed by atoms with Gasteiger partial charge in [0.15, 0.2) is 9.84 Å². The highest BCUT2D eigenvalue weighted by molar-refractivity contribution is 7.90. The Morgan fingerprint density at radius 2 is 1.60 bits per heavy atom. The number of carbonyl (C=O) groups is 1. The summed E-state index contributed by atoms with van der Waals surface area (Å²) in [6.07, 6.45) is 2.51. The summed E-state index contributed by atoms with van der Waals surface area (Å²) in [5.41, 5.74) is -0.485. The van der Waals surface area contributed by atoms with Gasteiger partial charge in [0.2, 0.25) is 10.0 Å². The van der Waals surface area contributed by atoms with Crippen molar-refractivity contribution < 1.29 is 26.6 Å². The van der Waals surface area contributed by atoms with Crippen molar-refractivity contribution in [3.8, 4) is 0 Å². The maximum absolute atomic E-state index is 12.5. The molecule has 0 radical (unpaired) electrons. The first-order valence-electron chi connectivity index (χ1n) is 8.89. The van der Waals surface area contributed by atoms with Crippen molar-refractivity contribution in [1.29, 1.82) is 0 Å². The van der Waals surface area contributed by atoms with E-state index in [0.717, 1.165) is 37.3 Å². The van der Waals surface area contributed by atoms with Crippen molar-refractivity contribution in [2.75, 3.05) is 24.7 Å². The van der Waals surface area contributed by atoms with Crippen LogP contribution in [0, 0.1) is 10.1 Å². The molecule has 12 heteroatoms. The van der Waals surface area contributed by atoms with Gasteiger partial charge in [-0.2, -0.15) is 4.31 Å². The molecule has 10 nitrogen and oxygen atoms in total. The fourth-order valence-electron chi connectivity index (χ4n) is 3.02. The molecule has 0 spiro atoms. The summed E-state index contributed by atoms with van der Waals surface area (Å²) in [7, 11) is -7.37. The van der Waals surface area contributed by atoms with Crippen molar-refractivity contribution in [2.45, 2.75) is 22.6 Å². The molecule has 1 saturated heterocycles. The number of nitro benzene ring substituents is 1. The summed E-state index contributed by atoms with van der Waals surface area (Å²) >= 11 is 0. The van der Waals surface area contributed by atoms with E-state index in [4.69, 9.17) is 0 Å². The molecular weight excluding hydrogens is 434 g/mol. The number of nitrogens with zero attached hydrogens (tertiary/aromatic N) is 2. The van der Waals surface area contributed by atoms with Gasteiger partial charge in [0.25, 0.3) is 11.6 Å². The van der Waals surface area contributed by atoms with Crippen LogP contribution in [-0.4, -0.2) is 51.3 Å². The highest BCUT2D eigenvalue weighted by Crippen LogP contribution is 2.24. The van der Waals surface area contributed by atoms with Crippen molar-refractivity contribution >= 4 is 37.1 Å². The lowest BCUT2D eigenvalue weighted by Gasteiger charge is -2.15. The van der Waals surface area contributed by atoms with Crippen LogP contribution in [-0.2, 0) is 19.9 Å². The second-order valence-electron chi connectivity index (χ2n) is 6.83. The topological polar surface area (TPSA) is 144 Å². The third-order valence-corrected chi connectivity index (χ3v) is 7.61. The van der Waals surface area contributed by atoms with Crippen LogP contribution < -0.4 is 5.32 Å². The van der Waals surface area contributed by atoms with Gasteiger partial charge in [-0.1, -0.05) is 0 Å². The number of benzene rings is 2. The Morgan fingerprint density at radius 1 is 1.00 bits per heavy atom. The number of hydrogen-bond donors (Lipinski definition) is 1. The minimum atomic E-state index is -3.77. The molecule has 0 aromatic heterocycles. The molecule has 0 aliphatic carbocycles. The number of amides is 1. The number of sulfonamides is 1. The van der Waals surface area contributed by atoms with Crippen LogP contribution in [0.15, 0.2) is 52.3 Å². The van der Waals surface area contributed by atoms with Gasteiger partial charge in [-0.3, -0.25) is 14.9 Å². The molecule has 0 unspecified atom stereocenters. The number of rotatable bonds is 6. The van der Waals surface area contributed by atoms with Crippen LogP contribution in [0.5, 0.6) is 0 Å². The summed E-state index contributed by atoms with van der Waals surface area (Å²) in [5.74, 6) is -0.765. The predicted molar refractivity (Wildman–Crippen MR) is 109 cm³/mol. The predicted octanol–water partition coefficient (Wildman–Crippen LogP) is 2.04. The zero-order chi connectivity index (χ0) is 22.1. The first-order chi connectivity index (χ1) is 14.0. The van der Waals surface area contributed by atoms with Gasteiger partial charge >= 0.3 is 0 Å². The van der Waals surface area contributed by atoms with Crippen LogP contribution in [0.4, 0.5) is 11.4 Å². The summed E-state index contributed by atoms with van der Waals surface area (Å²) in [5, 5.41) is 13.6. The average Bonchev–Trinajstić information content (AvgIpc) is 3.23. The van der Waals surface area contributed by atoms with Crippen LogP contribution in [0.1, 0.15) is 23.2 Å². The number of non-ortho nitro benzene ring substituents is 1. The number of sulfone groups is 1. The lowest BCUT2D eigenvalue weighted by atomic mass is 10.2. The summed E-state index contributed by atoms with van der Waals surface area (Å²) in [6.45, 7) is 0.937.